The second-order valence-electron chi connectivity index (χ2n) is 10.8. The van der Waals surface area contributed by atoms with Gasteiger partial charge in [-0.25, -0.2) is 13.2 Å². The maximum absolute atomic E-state index is 13.4. The lowest BCUT2D eigenvalue weighted by atomic mass is 10.1. The third kappa shape index (κ3) is 6.55. The zero-order valence-corrected chi connectivity index (χ0v) is 25.4. The lowest BCUT2D eigenvalue weighted by Gasteiger charge is -2.07. The molecule has 0 aliphatic heterocycles. The fourth-order valence-corrected chi connectivity index (χ4v) is 7.60. The molecule has 0 amide bonds. The molecular formula is C39H28F3O3S+. The SMILES string of the molecule is Fc1ccc(COc2ccc(-[s+]3c4ccc(OCc5ccc(F)cc5)cc4c4cc(OCc5ccc(F)cc5)ccc43)cc2)cc1. The number of ether oxygens (including phenoxy) is 3. The molecule has 46 heavy (non-hydrogen) atoms. The van der Waals surface area contributed by atoms with E-state index in [0.717, 1.165) is 38.1 Å². The lowest BCUT2D eigenvalue weighted by molar-refractivity contribution is 0.306. The predicted molar refractivity (Wildman–Crippen MR) is 177 cm³/mol. The van der Waals surface area contributed by atoms with E-state index >= 15 is 0 Å². The summed E-state index contributed by atoms with van der Waals surface area (Å²) in [5.74, 6) is 1.31. The minimum absolute atomic E-state index is 0.274. The van der Waals surface area contributed by atoms with Gasteiger partial charge in [-0.3, -0.25) is 0 Å². The molecule has 0 saturated carbocycles. The number of hydrogen-bond donors (Lipinski definition) is 0. The molecule has 0 radical (unpaired) electrons. The van der Waals surface area contributed by atoms with E-state index in [4.69, 9.17) is 14.2 Å². The van der Waals surface area contributed by atoms with Crippen LogP contribution in [0.25, 0.3) is 25.1 Å². The zero-order valence-electron chi connectivity index (χ0n) is 24.6. The van der Waals surface area contributed by atoms with Crippen molar-refractivity contribution in [2.45, 2.75) is 19.8 Å². The molecule has 7 rings (SSSR count). The molecule has 3 nitrogen and oxygen atoms in total. The van der Waals surface area contributed by atoms with Crippen molar-refractivity contribution < 1.29 is 27.4 Å². The predicted octanol–water partition coefficient (Wildman–Crippen LogP) is 10.9. The van der Waals surface area contributed by atoms with E-state index < -0.39 is 0 Å². The molecule has 0 unspecified atom stereocenters. The van der Waals surface area contributed by atoms with Crippen molar-refractivity contribution in [3.8, 4) is 22.1 Å². The minimum Gasteiger partial charge on any atom is -0.489 e. The Morgan fingerprint density at radius 1 is 0.391 bits per heavy atom. The van der Waals surface area contributed by atoms with Crippen LogP contribution >= 0.6 is 10.5 Å². The van der Waals surface area contributed by atoms with Gasteiger partial charge in [0.1, 0.15) is 54.5 Å². The Balaban J connectivity index is 1.20. The molecule has 0 N–H and O–H groups in total. The summed E-state index contributed by atoms with van der Waals surface area (Å²) in [5, 5.41) is 2.11. The Morgan fingerprint density at radius 3 is 1.13 bits per heavy atom. The number of thiophene rings is 1. The van der Waals surface area contributed by atoms with E-state index in [9.17, 15) is 13.2 Å². The molecular weight excluding hydrogens is 605 g/mol. The maximum atomic E-state index is 13.4. The second-order valence-corrected chi connectivity index (χ2v) is 12.8. The number of halogens is 3. The van der Waals surface area contributed by atoms with E-state index in [1.807, 2.05) is 24.3 Å². The summed E-state index contributed by atoms with van der Waals surface area (Å²) in [5.41, 5.74) is 2.64. The maximum Gasteiger partial charge on any atom is 0.188 e. The van der Waals surface area contributed by atoms with Crippen LogP contribution in [0.5, 0.6) is 17.2 Å². The summed E-state index contributed by atoms with van der Waals surface area (Å²) in [6.07, 6.45) is 0. The number of hydrogen-bond acceptors (Lipinski definition) is 3. The first-order valence-electron chi connectivity index (χ1n) is 14.7. The van der Waals surface area contributed by atoms with E-state index in [0.29, 0.717) is 31.3 Å². The Bertz CT molecular complexity index is 2000. The molecule has 6 aromatic carbocycles. The number of fused-ring (bicyclic) bond motifs is 3. The molecule has 1 heterocycles. The van der Waals surface area contributed by atoms with Crippen molar-refractivity contribution in [3.05, 3.63) is 168 Å². The number of rotatable bonds is 10. The normalized spacial score (nSPS) is 11.2. The first kappa shape index (κ1) is 29.4. The Labute approximate surface area is 267 Å². The molecule has 1 aromatic heterocycles. The van der Waals surface area contributed by atoms with Crippen LogP contribution in [0.3, 0.4) is 0 Å². The van der Waals surface area contributed by atoms with Crippen LogP contribution in [-0.2, 0) is 19.8 Å². The molecule has 0 spiro atoms. The van der Waals surface area contributed by atoms with Crippen molar-refractivity contribution in [2.24, 2.45) is 0 Å². The second kappa shape index (κ2) is 13.0. The van der Waals surface area contributed by atoms with Crippen LogP contribution in [0.4, 0.5) is 13.2 Å². The zero-order chi connectivity index (χ0) is 31.5. The van der Waals surface area contributed by atoms with Crippen LogP contribution in [0, 0.1) is 17.5 Å². The molecule has 7 aromatic rings. The van der Waals surface area contributed by atoms with Gasteiger partial charge in [0.25, 0.3) is 0 Å². The van der Waals surface area contributed by atoms with Gasteiger partial charge in [0.2, 0.25) is 0 Å². The van der Waals surface area contributed by atoms with Gasteiger partial charge < -0.3 is 14.2 Å². The van der Waals surface area contributed by atoms with E-state index in [2.05, 4.69) is 36.4 Å². The van der Waals surface area contributed by atoms with Crippen molar-refractivity contribution in [1.82, 2.24) is 0 Å². The number of benzene rings is 6. The lowest BCUT2D eigenvalue weighted by Crippen LogP contribution is -1.95. The van der Waals surface area contributed by atoms with E-state index in [1.54, 1.807) is 36.4 Å². The van der Waals surface area contributed by atoms with E-state index in [-0.39, 0.29) is 27.9 Å². The van der Waals surface area contributed by atoms with Crippen LogP contribution in [0.2, 0.25) is 0 Å². The molecule has 0 fully saturated rings. The van der Waals surface area contributed by atoms with Gasteiger partial charge in [0.15, 0.2) is 14.3 Å². The minimum atomic E-state index is -0.385. The van der Waals surface area contributed by atoms with Gasteiger partial charge in [-0.2, -0.15) is 0 Å². The Kier molecular flexibility index (Phi) is 8.31. The van der Waals surface area contributed by atoms with Crippen LogP contribution in [0.15, 0.2) is 133 Å². The molecule has 0 aliphatic carbocycles. The summed E-state index contributed by atoms with van der Waals surface area (Å²) in [6.45, 7) is 0.980. The average Bonchev–Trinajstić information content (AvgIpc) is 3.41. The van der Waals surface area contributed by atoms with Gasteiger partial charge in [-0.15, -0.1) is 0 Å². The quantitative estimate of drug-likeness (QED) is 0.140. The third-order valence-corrected chi connectivity index (χ3v) is 9.98. The van der Waals surface area contributed by atoms with Gasteiger partial charge in [0, 0.05) is 34.7 Å². The molecule has 0 bridgehead atoms. The van der Waals surface area contributed by atoms with Crippen molar-refractivity contribution in [3.63, 3.8) is 0 Å². The molecule has 0 saturated heterocycles. The van der Waals surface area contributed by atoms with E-state index in [1.165, 1.54) is 45.8 Å². The first-order valence-corrected chi connectivity index (χ1v) is 16.0. The standard InChI is InChI=1S/C39H28F3O3S/c40-29-7-1-26(2-8-29)23-43-32-13-17-35(18-14-32)46-38-19-15-33(44-24-27-3-9-30(41)10-4-27)21-36(38)37-22-34(16-20-39(37)46)45-25-28-5-11-31(42)12-6-28/h1-22H,23-25H2/q+1. The molecule has 228 valence electrons. The topological polar surface area (TPSA) is 27.7 Å². The molecule has 0 aliphatic rings. The van der Waals surface area contributed by atoms with Crippen molar-refractivity contribution in [2.75, 3.05) is 0 Å². The largest absolute Gasteiger partial charge is 0.489 e. The highest BCUT2D eigenvalue weighted by molar-refractivity contribution is 7.50. The van der Waals surface area contributed by atoms with Gasteiger partial charge in [0.05, 0.1) is 10.8 Å². The summed E-state index contributed by atoms with van der Waals surface area (Å²) < 4.78 is 60.6. The highest BCUT2D eigenvalue weighted by Crippen LogP contribution is 2.50. The average molecular weight is 634 g/mol. The molecule has 0 atom stereocenters. The van der Waals surface area contributed by atoms with Crippen molar-refractivity contribution >= 4 is 30.6 Å². The monoisotopic (exact) mass is 633 g/mol. The fourth-order valence-electron chi connectivity index (χ4n) is 5.26. The van der Waals surface area contributed by atoms with Gasteiger partial charge >= 0.3 is 0 Å². The Morgan fingerprint density at radius 2 is 0.739 bits per heavy atom. The fraction of sp³-hybridized carbons (Fsp3) is 0.0769. The van der Waals surface area contributed by atoms with Gasteiger partial charge in [-0.1, -0.05) is 36.4 Å². The first-order chi connectivity index (χ1) is 22.5. The van der Waals surface area contributed by atoms with Gasteiger partial charge in [-0.05, 0) is 89.5 Å². The van der Waals surface area contributed by atoms with Crippen LogP contribution in [-0.4, -0.2) is 0 Å². The summed E-state index contributed by atoms with van der Waals surface area (Å²) in [7, 11) is -0.385. The Hall–Kier alpha value is -5.27. The van der Waals surface area contributed by atoms with Crippen LogP contribution in [0.1, 0.15) is 16.7 Å². The summed E-state index contributed by atoms with van der Waals surface area (Å²) in [4.78, 5) is 1.13. The van der Waals surface area contributed by atoms with Crippen molar-refractivity contribution in [1.29, 1.82) is 0 Å². The highest BCUT2D eigenvalue weighted by Gasteiger charge is 2.25. The summed E-state index contributed by atoms with van der Waals surface area (Å²) in [6, 6.07) is 39.2. The third-order valence-electron chi connectivity index (χ3n) is 7.65. The smallest absolute Gasteiger partial charge is 0.188 e. The summed E-state index contributed by atoms with van der Waals surface area (Å²) >= 11 is 0. The van der Waals surface area contributed by atoms with Crippen LogP contribution < -0.4 is 14.2 Å². The highest BCUT2D eigenvalue weighted by atomic mass is 32.2. The molecule has 7 heteroatoms.